The topological polar surface area (TPSA) is 54.6 Å². The second-order valence-corrected chi connectivity index (χ2v) is 8.05. The highest BCUT2D eigenvalue weighted by Crippen LogP contribution is 2.30. The van der Waals surface area contributed by atoms with Crippen LogP contribution in [-0.4, -0.2) is 65.9 Å². The summed E-state index contributed by atoms with van der Waals surface area (Å²) >= 11 is 0. The average molecular weight is 424 g/mol. The van der Waals surface area contributed by atoms with E-state index in [1.165, 1.54) is 18.6 Å². The monoisotopic (exact) mass is 424 g/mol. The van der Waals surface area contributed by atoms with Crippen LogP contribution < -0.4 is 0 Å². The minimum absolute atomic E-state index is 0.319. The van der Waals surface area contributed by atoms with E-state index in [1.54, 1.807) is 0 Å². The van der Waals surface area contributed by atoms with Crippen LogP contribution in [-0.2, 0) is 17.5 Å². The molecule has 0 N–H and O–H groups in total. The number of nitrogens with zero attached hydrogens (tertiary/aromatic N) is 4. The number of halogens is 3. The zero-order valence-electron chi connectivity index (χ0n) is 16.9. The molecule has 30 heavy (non-hydrogen) atoms. The molecule has 2 saturated heterocycles. The van der Waals surface area contributed by atoms with E-state index in [4.69, 9.17) is 9.26 Å². The maximum atomic E-state index is 12.7. The van der Waals surface area contributed by atoms with Gasteiger partial charge in [0.15, 0.2) is 0 Å². The van der Waals surface area contributed by atoms with Crippen molar-refractivity contribution in [2.24, 2.45) is 5.92 Å². The number of hydrogen-bond donors (Lipinski definition) is 0. The highest BCUT2D eigenvalue weighted by atomic mass is 19.4. The number of rotatable bonds is 6. The Kier molecular flexibility index (Phi) is 6.70. The summed E-state index contributed by atoms with van der Waals surface area (Å²) in [4.78, 5) is 9.15. The van der Waals surface area contributed by atoms with Gasteiger partial charge in [-0.15, -0.1) is 0 Å². The molecule has 2 aromatic rings. The molecule has 0 unspecified atom stereocenters. The van der Waals surface area contributed by atoms with Gasteiger partial charge in [0, 0.05) is 18.7 Å². The summed E-state index contributed by atoms with van der Waals surface area (Å²) in [6, 6.07) is 4.81. The summed E-state index contributed by atoms with van der Waals surface area (Å²) in [5.41, 5.74) is -0.175. The Hall–Kier alpha value is -1.97. The molecule has 0 radical (unpaired) electrons. The van der Waals surface area contributed by atoms with Crippen molar-refractivity contribution in [2.45, 2.75) is 32.0 Å². The minimum Gasteiger partial charge on any atom is -0.379 e. The van der Waals surface area contributed by atoms with Crippen LogP contribution in [0.15, 0.2) is 28.8 Å². The number of benzene rings is 1. The SMILES string of the molecule is FC(F)(F)c1ccc(-c2noc(CN3CCC(CCN4CCOCC4)CC3)n2)cc1. The predicted molar refractivity (Wildman–Crippen MR) is 105 cm³/mol. The van der Waals surface area contributed by atoms with Crippen LogP contribution in [0.3, 0.4) is 0 Å². The van der Waals surface area contributed by atoms with Gasteiger partial charge in [-0.3, -0.25) is 9.80 Å². The largest absolute Gasteiger partial charge is 0.416 e. The normalized spacial score (nSPS) is 20.0. The van der Waals surface area contributed by atoms with Crippen LogP contribution >= 0.6 is 0 Å². The van der Waals surface area contributed by atoms with Crippen LogP contribution in [0.1, 0.15) is 30.7 Å². The molecule has 1 aromatic carbocycles. The number of hydrogen-bond acceptors (Lipinski definition) is 6. The third-order valence-electron chi connectivity index (χ3n) is 5.96. The molecule has 0 aliphatic carbocycles. The number of likely N-dealkylation sites (tertiary alicyclic amines) is 1. The summed E-state index contributed by atoms with van der Waals surface area (Å²) in [5, 5.41) is 3.93. The van der Waals surface area contributed by atoms with Crippen LogP contribution in [0.4, 0.5) is 13.2 Å². The molecule has 4 rings (SSSR count). The Labute approximate surface area is 174 Å². The van der Waals surface area contributed by atoms with E-state index in [1.807, 2.05) is 0 Å². The lowest BCUT2D eigenvalue weighted by Gasteiger charge is -2.33. The van der Waals surface area contributed by atoms with Gasteiger partial charge in [0.25, 0.3) is 0 Å². The van der Waals surface area contributed by atoms with Crippen molar-refractivity contribution >= 4 is 0 Å². The molecule has 0 saturated carbocycles. The average Bonchev–Trinajstić information content (AvgIpc) is 3.22. The highest BCUT2D eigenvalue weighted by Gasteiger charge is 2.30. The highest BCUT2D eigenvalue weighted by molar-refractivity contribution is 5.54. The van der Waals surface area contributed by atoms with Gasteiger partial charge in [-0.25, -0.2) is 0 Å². The summed E-state index contributed by atoms with van der Waals surface area (Å²) in [7, 11) is 0. The molecule has 1 aromatic heterocycles. The van der Waals surface area contributed by atoms with Gasteiger partial charge in [-0.2, -0.15) is 18.2 Å². The summed E-state index contributed by atoms with van der Waals surface area (Å²) in [5.74, 6) is 1.56. The van der Waals surface area contributed by atoms with Crippen LogP contribution in [0.25, 0.3) is 11.4 Å². The van der Waals surface area contributed by atoms with Gasteiger partial charge in [0.05, 0.1) is 25.3 Å². The fourth-order valence-corrected chi connectivity index (χ4v) is 4.06. The number of morpholine rings is 1. The molecule has 3 heterocycles. The molecule has 2 fully saturated rings. The molecule has 0 bridgehead atoms. The van der Waals surface area contributed by atoms with E-state index >= 15 is 0 Å². The van der Waals surface area contributed by atoms with E-state index in [9.17, 15) is 13.2 Å². The number of aromatic nitrogens is 2. The molecule has 164 valence electrons. The van der Waals surface area contributed by atoms with E-state index in [2.05, 4.69) is 19.9 Å². The zero-order chi connectivity index (χ0) is 21.0. The number of ether oxygens (including phenoxy) is 1. The van der Waals surface area contributed by atoms with Crippen molar-refractivity contribution in [3.05, 3.63) is 35.7 Å². The molecule has 2 aliphatic heterocycles. The Bertz CT molecular complexity index is 795. The third kappa shape index (κ3) is 5.59. The molecule has 0 spiro atoms. The summed E-state index contributed by atoms with van der Waals surface area (Å²) in [6.45, 7) is 7.47. The first-order chi connectivity index (χ1) is 14.5. The van der Waals surface area contributed by atoms with Crippen molar-refractivity contribution in [1.82, 2.24) is 19.9 Å². The fraction of sp³-hybridized carbons (Fsp3) is 0.619. The van der Waals surface area contributed by atoms with Gasteiger partial charge in [-0.1, -0.05) is 17.3 Å². The number of piperidine rings is 1. The van der Waals surface area contributed by atoms with Gasteiger partial charge in [0.1, 0.15) is 0 Å². The van der Waals surface area contributed by atoms with Crippen molar-refractivity contribution in [1.29, 1.82) is 0 Å². The van der Waals surface area contributed by atoms with Crippen molar-refractivity contribution in [2.75, 3.05) is 45.9 Å². The fourth-order valence-electron chi connectivity index (χ4n) is 4.06. The quantitative estimate of drug-likeness (QED) is 0.705. The Balaban J connectivity index is 1.23. The summed E-state index contributed by atoms with van der Waals surface area (Å²) < 4.78 is 48.8. The molecular formula is C21H27F3N4O2. The first-order valence-corrected chi connectivity index (χ1v) is 10.5. The van der Waals surface area contributed by atoms with E-state index < -0.39 is 11.7 Å². The zero-order valence-corrected chi connectivity index (χ0v) is 16.9. The van der Waals surface area contributed by atoms with E-state index in [0.29, 0.717) is 23.8 Å². The van der Waals surface area contributed by atoms with Gasteiger partial charge in [0.2, 0.25) is 11.7 Å². The third-order valence-corrected chi connectivity index (χ3v) is 5.96. The molecule has 0 amide bonds. The van der Waals surface area contributed by atoms with Gasteiger partial charge in [-0.05, 0) is 56.9 Å². The van der Waals surface area contributed by atoms with Gasteiger partial charge < -0.3 is 9.26 Å². The van der Waals surface area contributed by atoms with Crippen molar-refractivity contribution in [3.63, 3.8) is 0 Å². The Morgan fingerprint density at radius 3 is 2.33 bits per heavy atom. The minimum atomic E-state index is -4.35. The predicted octanol–water partition coefficient (Wildman–Crippen LogP) is 3.69. The molecule has 0 atom stereocenters. The Morgan fingerprint density at radius 2 is 1.67 bits per heavy atom. The lowest BCUT2D eigenvalue weighted by Crippen LogP contribution is -2.39. The second kappa shape index (κ2) is 9.45. The maximum absolute atomic E-state index is 12.7. The summed E-state index contributed by atoms with van der Waals surface area (Å²) in [6.07, 6.45) is -0.809. The molecule has 2 aliphatic rings. The lowest BCUT2D eigenvalue weighted by molar-refractivity contribution is -0.137. The van der Waals surface area contributed by atoms with Crippen molar-refractivity contribution < 1.29 is 22.4 Å². The lowest BCUT2D eigenvalue weighted by atomic mass is 9.93. The van der Waals surface area contributed by atoms with Crippen molar-refractivity contribution in [3.8, 4) is 11.4 Å². The van der Waals surface area contributed by atoms with Gasteiger partial charge >= 0.3 is 6.18 Å². The maximum Gasteiger partial charge on any atom is 0.416 e. The number of alkyl halides is 3. The smallest absolute Gasteiger partial charge is 0.379 e. The van der Waals surface area contributed by atoms with E-state index in [0.717, 1.165) is 76.8 Å². The van der Waals surface area contributed by atoms with Crippen LogP contribution in [0.5, 0.6) is 0 Å². The molecule has 9 heteroatoms. The molecule has 6 nitrogen and oxygen atoms in total. The standard InChI is InChI=1S/C21H27F3N4O2/c22-21(23,24)18-3-1-17(2-4-18)20-25-19(30-26-20)15-28-9-6-16(7-10-28)5-8-27-11-13-29-14-12-27/h1-4,16H,5-15H2. The molecular weight excluding hydrogens is 397 g/mol. The first kappa shape index (κ1) is 21.3. The Morgan fingerprint density at radius 1 is 0.967 bits per heavy atom. The van der Waals surface area contributed by atoms with Crippen LogP contribution in [0.2, 0.25) is 0 Å². The van der Waals surface area contributed by atoms with Crippen LogP contribution in [0, 0.1) is 5.92 Å². The first-order valence-electron chi connectivity index (χ1n) is 10.5. The second-order valence-electron chi connectivity index (χ2n) is 8.05. The van der Waals surface area contributed by atoms with E-state index in [-0.39, 0.29) is 0 Å².